The molecule has 0 aliphatic heterocycles. The van der Waals surface area contributed by atoms with Gasteiger partial charge in [-0.1, -0.05) is 11.6 Å². The highest BCUT2D eigenvalue weighted by molar-refractivity contribution is 6.31. The first-order valence-electron chi connectivity index (χ1n) is 3.70. The number of nitrogens with zero attached hydrogens (tertiary/aromatic N) is 3. The minimum absolute atomic E-state index is 0.653. The van der Waals surface area contributed by atoms with Crippen LogP contribution in [0.4, 0.5) is 5.95 Å². The molecular weight excluding hydrogens is 174 g/mol. The van der Waals surface area contributed by atoms with Gasteiger partial charge in [-0.25, -0.2) is 9.97 Å². The lowest BCUT2D eigenvalue weighted by Crippen LogP contribution is -2.14. The summed E-state index contributed by atoms with van der Waals surface area (Å²) in [5, 5.41) is 0.653. The third-order valence-electron chi connectivity index (χ3n) is 1.57. The highest BCUT2D eigenvalue weighted by atomic mass is 35.5. The fourth-order valence-electron chi connectivity index (χ4n) is 0.885. The highest BCUT2D eigenvalue weighted by Crippen LogP contribution is 2.18. The molecule has 0 atom stereocenters. The van der Waals surface area contributed by atoms with Crippen molar-refractivity contribution in [2.24, 2.45) is 0 Å². The molecule has 0 amide bonds. The van der Waals surface area contributed by atoms with E-state index in [-0.39, 0.29) is 0 Å². The van der Waals surface area contributed by atoms with Crippen LogP contribution in [0.15, 0.2) is 0 Å². The first-order valence-corrected chi connectivity index (χ1v) is 4.08. The van der Waals surface area contributed by atoms with E-state index >= 15 is 0 Å². The molecule has 0 bridgehead atoms. The van der Waals surface area contributed by atoms with Crippen molar-refractivity contribution in [2.45, 2.75) is 13.8 Å². The molecule has 1 aromatic rings. The molecule has 66 valence electrons. The molecule has 1 heterocycles. The Bertz CT molecular complexity index is 273. The first-order chi connectivity index (χ1) is 5.52. The quantitative estimate of drug-likeness (QED) is 0.669. The minimum atomic E-state index is 0.653. The summed E-state index contributed by atoms with van der Waals surface area (Å²) >= 11 is 5.91. The van der Waals surface area contributed by atoms with Crippen molar-refractivity contribution in [1.82, 2.24) is 9.97 Å². The topological polar surface area (TPSA) is 29.0 Å². The van der Waals surface area contributed by atoms with Gasteiger partial charge in [0.05, 0.1) is 16.4 Å². The summed E-state index contributed by atoms with van der Waals surface area (Å²) in [6, 6.07) is 0. The van der Waals surface area contributed by atoms with Crippen LogP contribution >= 0.6 is 11.6 Å². The molecule has 0 saturated heterocycles. The van der Waals surface area contributed by atoms with Crippen LogP contribution in [-0.2, 0) is 0 Å². The molecule has 0 spiro atoms. The SMILES string of the molecule is Cc1nc(N(C)C)nc(C)c1Cl. The Morgan fingerprint density at radius 2 is 1.50 bits per heavy atom. The maximum Gasteiger partial charge on any atom is 0.225 e. The Hall–Kier alpha value is -0.830. The van der Waals surface area contributed by atoms with Crippen LogP contribution in [0.25, 0.3) is 0 Å². The van der Waals surface area contributed by atoms with Gasteiger partial charge in [0.1, 0.15) is 0 Å². The van der Waals surface area contributed by atoms with E-state index in [1.54, 1.807) is 0 Å². The van der Waals surface area contributed by atoms with E-state index in [9.17, 15) is 0 Å². The smallest absolute Gasteiger partial charge is 0.225 e. The summed E-state index contributed by atoms with van der Waals surface area (Å²) in [6.07, 6.45) is 0. The molecule has 0 saturated carbocycles. The van der Waals surface area contributed by atoms with Crippen LogP contribution in [0.3, 0.4) is 0 Å². The number of anilines is 1. The number of halogens is 1. The van der Waals surface area contributed by atoms with E-state index < -0.39 is 0 Å². The molecule has 0 fully saturated rings. The van der Waals surface area contributed by atoms with E-state index in [0.717, 1.165) is 11.4 Å². The molecule has 0 aliphatic carbocycles. The first kappa shape index (κ1) is 9.26. The Labute approximate surface area is 77.4 Å². The van der Waals surface area contributed by atoms with Crippen LogP contribution in [0, 0.1) is 13.8 Å². The van der Waals surface area contributed by atoms with Gasteiger partial charge >= 0.3 is 0 Å². The summed E-state index contributed by atoms with van der Waals surface area (Å²) in [7, 11) is 3.81. The predicted molar refractivity (Wildman–Crippen MR) is 50.8 cm³/mol. The maximum absolute atomic E-state index is 5.91. The van der Waals surface area contributed by atoms with Gasteiger partial charge < -0.3 is 4.90 Å². The largest absolute Gasteiger partial charge is 0.347 e. The number of hydrogen-bond donors (Lipinski definition) is 0. The molecule has 0 radical (unpaired) electrons. The lowest BCUT2D eigenvalue weighted by molar-refractivity contribution is 0.956. The van der Waals surface area contributed by atoms with Crippen molar-refractivity contribution >= 4 is 17.5 Å². The normalized spacial score (nSPS) is 10.1. The molecule has 1 aromatic heterocycles. The monoisotopic (exact) mass is 185 g/mol. The average Bonchev–Trinajstić information content (AvgIpc) is 1.99. The van der Waals surface area contributed by atoms with E-state index in [1.807, 2.05) is 32.8 Å². The zero-order valence-electron chi connectivity index (χ0n) is 7.72. The Balaban J connectivity index is 3.21. The summed E-state index contributed by atoms with van der Waals surface area (Å²) in [5.41, 5.74) is 1.65. The summed E-state index contributed by atoms with van der Waals surface area (Å²) in [6.45, 7) is 3.76. The van der Waals surface area contributed by atoms with Gasteiger partial charge in [0.2, 0.25) is 5.95 Å². The molecule has 0 aromatic carbocycles. The Morgan fingerprint density at radius 1 is 1.08 bits per heavy atom. The lowest BCUT2D eigenvalue weighted by atomic mass is 10.3. The van der Waals surface area contributed by atoms with Crippen molar-refractivity contribution < 1.29 is 0 Å². The zero-order valence-corrected chi connectivity index (χ0v) is 8.48. The standard InChI is InChI=1S/C8H12ClN3/c1-5-7(9)6(2)11-8(10-5)12(3)4/h1-4H3. The van der Waals surface area contributed by atoms with Crippen molar-refractivity contribution in [3.63, 3.8) is 0 Å². The Morgan fingerprint density at radius 3 is 1.83 bits per heavy atom. The maximum atomic E-state index is 5.91. The fourth-order valence-corrected chi connectivity index (χ4v) is 0.969. The third kappa shape index (κ3) is 1.67. The van der Waals surface area contributed by atoms with Crippen molar-refractivity contribution in [3.8, 4) is 0 Å². The van der Waals surface area contributed by atoms with Crippen molar-refractivity contribution in [3.05, 3.63) is 16.4 Å². The van der Waals surface area contributed by atoms with E-state index in [0.29, 0.717) is 11.0 Å². The number of aryl methyl sites for hydroxylation is 2. The second-order valence-corrected chi connectivity index (χ2v) is 3.28. The van der Waals surface area contributed by atoms with Gasteiger partial charge in [0, 0.05) is 14.1 Å². The Kier molecular flexibility index (Phi) is 2.52. The van der Waals surface area contributed by atoms with Gasteiger partial charge in [-0.05, 0) is 13.8 Å². The van der Waals surface area contributed by atoms with E-state index in [4.69, 9.17) is 11.6 Å². The van der Waals surface area contributed by atoms with Crippen LogP contribution in [-0.4, -0.2) is 24.1 Å². The zero-order chi connectivity index (χ0) is 9.30. The van der Waals surface area contributed by atoms with Crippen molar-refractivity contribution in [1.29, 1.82) is 0 Å². The highest BCUT2D eigenvalue weighted by Gasteiger charge is 2.06. The predicted octanol–water partition coefficient (Wildman–Crippen LogP) is 1.81. The lowest BCUT2D eigenvalue weighted by Gasteiger charge is -2.12. The van der Waals surface area contributed by atoms with E-state index in [2.05, 4.69) is 9.97 Å². The fraction of sp³-hybridized carbons (Fsp3) is 0.500. The van der Waals surface area contributed by atoms with Crippen LogP contribution in [0.2, 0.25) is 5.02 Å². The number of hydrogen-bond acceptors (Lipinski definition) is 3. The van der Waals surface area contributed by atoms with Crippen molar-refractivity contribution in [2.75, 3.05) is 19.0 Å². The molecule has 4 heteroatoms. The van der Waals surface area contributed by atoms with Crippen LogP contribution in [0.1, 0.15) is 11.4 Å². The summed E-state index contributed by atoms with van der Waals surface area (Å²) in [4.78, 5) is 10.3. The van der Waals surface area contributed by atoms with Crippen LogP contribution < -0.4 is 4.90 Å². The minimum Gasteiger partial charge on any atom is -0.347 e. The summed E-state index contributed by atoms with van der Waals surface area (Å²) in [5.74, 6) is 0.703. The van der Waals surface area contributed by atoms with Gasteiger partial charge in [0.15, 0.2) is 0 Å². The van der Waals surface area contributed by atoms with Crippen LogP contribution in [0.5, 0.6) is 0 Å². The molecular formula is C8H12ClN3. The van der Waals surface area contributed by atoms with Gasteiger partial charge in [-0.2, -0.15) is 0 Å². The van der Waals surface area contributed by atoms with Gasteiger partial charge in [0.25, 0.3) is 0 Å². The average molecular weight is 186 g/mol. The molecule has 12 heavy (non-hydrogen) atoms. The summed E-state index contributed by atoms with van der Waals surface area (Å²) < 4.78 is 0. The number of aromatic nitrogens is 2. The molecule has 1 rings (SSSR count). The third-order valence-corrected chi connectivity index (χ3v) is 2.12. The van der Waals surface area contributed by atoms with Gasteiger partial charge in [-0.3, -0.25) is 0 Å². The molecule has 0 aliphatic rings. The van der Waals surface area contributed by atoms with Gasteiger partial charge in [-0.15, -0.1) is 0 Å². The number of rotatable bonds is 1. The molecule has 3 nitrogen and oxygen atoms in total. The van der Waals surface area contributed by atoms with E-state index in [1.165, 1.54) is 0 Å². The second-order valence-electron chi connectivity index (χ2n) is 2.90. The second kappa shape index (κ2) is 3.27. The molecule has 0 N–H and O–H groups in total. The molecule has 0 unspecified atom stereocenters.